The molecule has 29 heavy (non-hydrogen) atoms. The molecule has 1 aromatic heterocycles. The van der Waals surface area contributed by atoms with Crippen molar-refractivity contribution in [1.29, 1.82) is 0 Å². The summed E-state index contributed by atoms with van der Waals surface area (Å²) in [6.45, 7) is 5.98. The third kappa shape index (κ3) is 5.74. The highest BCUT2D eigenvalue weighted by Gasteiger charge is 2.13. The number of aromatic nitrogens is 1. The van der Waals surface area contributed by atoms with Gasteiger partial charge in [-0.15, -0.1) is 11.3 Å². The molecule has 0 aliphatic heterocycles. The Bertz CT molecular complexity index is 1020. The second kappa shape index (κ2) is 9.33. The van der Waals surface area contributed by atoms with E-state index in [0.29, 0.717) is 11.3 Å². The van der Waals surface area contributed by atoms with Gasteiger partial charge >= 0.3 is 0 Å². The number of anilines is 1. The molecule has 0 radical (unpaired) electrons. The van der Waals surface area contributed by atoms with Gasteiger partial charge in [0.25, 0.3) is 0 Å². The molecule has 0 saturated heterocycles. The minimum absolute atomic E-state index is 0.0881. The molecule has 0 saturated carbocycles. The Morgan fingerprint density at radius 2 is 1.76 bits per heavy atom. The summed E-state index contributed by atoms with van der Waals surface area (Å²) >= 11 is 2.72. The Morgan fingerprint density at radius 1 is 1.10 bits per heavy atom. The number of aryl methyl sites for hydroxylation is 3. The van der Waals surface area contributed by atoms with Crippen molar-refractivity contribution >= 4 is 40.5 Å². The van der Waals surface area contributed by atoms with E-state index in [1.165, 1.54) is 47.4 Å². The van der Waals surface area contributed by atoms with Crippen LogP contribution in [0.2, 0.25) is 0 Å². The zero-order chi connectivity index (χ0) is 21.0. The van der Waals surface area contributed by atoms with Crippen molar-refractivity contribution in [3.8, 4) is 0 Å². The molecule has 0 aliphatic rings. The first-order valence-corrected chi connectivity index (χ1v) is 10.9. The van der Waals surface area contributed by atoms with Gasteiger partial charge in [-0.25, -0.2) is 9.37 Å². The van der Waals surface area contributed by atoms with Gasteiger partial charge in [-0.05, 0) is 56.2 Å². The van der Waals surface area contributed by atoms with Crippen molar-refractivity contribution in [3.05, 3.63) is 75.5 Å². The number of Topliss-reactive ketones (excluding diaryl/α,β-unsaturated/α-hetero) is 1. The van der Waals surface area contributed by atoms with Crippen LogP contribution in [0, 0.1) is 26.6 Å². The molecular weight excluding hydrogens is 407 g/mol. The minimum atomic E-state index is -0.368. The molecule has 1 amide bonds. The highest BCUT2D eigenvalue weighted by atomic mass is 32.2. The largest absolute Gasteiger partial charge is 0.325 e. The molecule has 2 aromatic carbocycles. The van der Waals surface area contributed by atoms with Crippen LogP contribution in [0.25, 0.3) is 0 Å². The molecule has 150 valence electrons. The molecule has 0 atom stereocenters. The third-order valence-electron chi connectivity index (χ3n) is 4.31. The topological polar surface area (TPSA) is 59.1 Å². The monoisotopic (exact) mass is 428 g/mol. The number of benzene rings is 2. The SMILES string of the molecule is Cc1cc(C)c(NC(=O)Cc2csc(SCC(=O)c3ccc(F)cc3)n2)c(C)c1. The van der Waals surface area contributed by atoms with Gasteiger partial charge in [-0.1, -0.05) is 29.5 Å². The molecule has 7 heteroatoms. The van der Waals surface area contributed by atoms with Crippen molar-refractivity contribution in [3.63, 3.8) is 0 Å². The number of hydrogen-bond acceptors (Lipinski definition) is 5. The molecule has 0 aliphatic carbocycles. The van der Waals surface area contributed by atoms with E-state index in [0.717, 1.165) is 26.7 Å². The van der Waals surface area contributed by atoms with Crippen molar-refractivity contribution in [2.24, 2.45) is 0 Å². The molecule has 3 aromatic rings. The van der Waals surface area contributed by atoms with Crippen LogP contribution in [0.15, 0.2) is 46.1 Å². The first-order valence-electron chi connectivity index (χ1n) is 9.05. The summed E-state index contributed by atoms with van der Waals surface area (Å²) in [6.07, 6.45) is 0.176. The first kappa shape index (κ1) is 21.2. The maximum absolute atomic E-state index is 12.9. The number of amides is 1. The van der Waals surface area contributed by atoms with Crippen molar-refractivity contribution in [1.82, 2.24) is 4.98 Å². The summed E-state index contributed by atoms with van der Waals surface area (Å²) < 4.78 is 13.7. The molecule has 1 heterocycles. The summed E-state index contributed by atoms with van der Waals surface area (Å²) in [5.74, 6) is -0.362. The fraction of sp³-hybridized carbons (Fsp3) is 0.227. The highest BCUT2D eigenvalue weighted by Crippen LogP contribution is 2.25. The summed E-state index contributed by atoms with van der Waals surface area (Å²) in [6, 6.07) is 9.58. The van der Waals surface area contributed by atoms with E-state index in [9.17, 15) is 14.0 Å². The van der Waals surface area contributed by atoms with Gasteiger partial charge in [0.05, 0.1) is 17.9 Å². The summed E-state index contributed by atoms with van der Waals surface area (Å²) in [5, 5.41) is 4.81. The summed E-state index contributed by atoms with van der Waals surface area (Å²) in [5.41, 5.74) is 5.21. The zero-order valence-electron chi connectivity index (χ0n) is 16.4. The predicted molar refractivity (Wildman–Crippen MR) is 117 cm³/mol. The number of halogens is 1. The number of thioether (sulfide) groups is 1. The van der Waals surface area contributed by atoms with Crippen LogP contribution >= 0.6 is 23.1 Å². The standard InChI is InChI=1S/C22H21FN2O2S2/c1-13-8-14(2)21(15(3)9-13)25-20(27)10-18-11-28-22(24-18)29-12-19(26)16-4-6-17(23)7-5-16/h4-9,11H,10,12H2,1-3H3,(H,25,27). The van der Waals surface area contributed by atoms with Crippen LogP contribution in [-0.2, 0) is 11.2 Å². The lowest BCUT2D eigenvalue weighted by molar-refractivity contribution is -0.115. The van der Waals surface area contributed by atoms with Gasteiger partial charge in [-0.2, -0.15) is 0 Å². The smallest absolute Gasteiger partial charge is 0.230 e. The molecule has 1 N–H and O–H groups in total. The molecule has 0 spiro atoms. The number of thiazole rings is 1. The number of rotatable bonds is 7. The van der Waals surface area contributed by atoms with Crippen LogP contribution in [0.5, 0.6) is 0 Å². The Labute approximate surface area is 177 Å². The number of nitrogens with zero attached hydrogens (tertiary/aromatic N) is 1. The van der Waals surface area contributed by atoms with Crippen LogP contribution in [-0.4, -0.2) is 22.4 Å². The third-order valence-corrected chi connectivity index (χ3v) is 6.38. The van der Waals surface area contributed by atoms with Crippen LogP contribution < -0.4 is 5.32 Å². The second-order valence-corrected chi connectivity index (χ2v) is 8.90. The molecule has 0 unspecified atom stereocenters. The van der Waals surface area contributed by atoms with Gasteiger partial charge < -0.3 is 5.32 Å². The van der Waals surface area contributed by atoms with Crippen LogP contribution in [0.1, 0.15) is 32.7 Å². The fourth-order valence-electron chi connectivity index (χ4n) is 3.01. The van der Waals surface area contributed by atoms with Gasteiger partial charge in [0.2, 0.25) is 5.91 Å². The van der Waals surface area contributed by atoms with Gasteiger partial charge in [0, 0.05) is 16.6 Å². The average Bonchev–Trinajstić information content (AvgIpc) is 3.10. The first-order chi connectivity index (χ1) is 13.8. The van der Waals surface area contributed by atoms with E-state index in [1.54, 1.807) is 0 Å². The summed E-state index contributed by atoms with van der Waals surface area (Å²) in [7, 11) is 0. The van der Waals surface area contributed by atoms with E-state index >= 15 is 0 Å². The fourth-order valence-corrected chi connectivity index (χ4v) is 4.75. The normalized spacial score (nSPS) is 10.8. The van der Waals surface area contributed by atoms with Crippen molar-refractivity contribution in [2.45, 2.75) is 31.5 Å². The maximum Gasteiger partial charge on any atom is 0.230 e. The van der Waals surface area contributed by atoms with Crippen LogP contribution in [0.4, 0.5) is 10.1 Å². The number of carbonyl (C=O) groups is 2. The Balaban J connectivity index is 1.55. The van der Waals surface area contributed by atoms with Crippen molar-refractivity contribution < 1.29 is 14.0 Å². The second-order valence-electron chi connectivity index (χ2n) is 6.82. The maximum atomic E-state index is 12.9. The molecule has 0 fully saturated rings. The number of carbonyl (C=O) groups excluding carboxylic acids is 2. The highest BCUT2D eigenvalue weighted by molar-refractivity contribution is 8.01. The van der Waals surface area contributed by atoms with Crippen molar-refractivity contribution in [2.75, 3.05) is 11.1 Å². The predicted octanol–water partition coefficient (Wildman–Crippen LogP) is 5.36. The molecule has 4 nitrogen and oxygen atoms in total. The van der Waals surface area contributed by atoms with E-state index in [4.69, 9.17) is 0 Å². The van der Waals surface area contributed by atoms with E-state index in [2.05, 4.69) is 10.3 Å². The lowest BCUT2D eigenvalue weighted by atomic mass is 10.0. The van der Waals surface area contributed by atoms with Crippen LogP contribution in [0.3, 0.4) is 0 Å². The molecule has 3 rings (SSSR count). The zero-order valence-corrected chi connectivity index (χ0v) is 18.0. The molecule has 0 bridgehead atoms. The lowest BCUT2D eigenvalue weighted by Crippen LogP contribution is -2.16. The number of nitrogens with one attached hydrogen (secondary N) is 1. The lowest BCUT2D eigenvalue weighted by Gasteiger charge is -2.12. The Kier molecular flexibility index (Phi) is 6.82. The minimum Gasteiger partial charge on any atom is -0.325 e. The Hall–Kier alpha value is -2.51. The Morgan fingerprint density at radius 3 is 2.41 bits per heavy atom. The van der Waals surface area contributed by atoms with Gasteiger partial charge in [0.15, 0.2) is 10.1 Å². The quantitative estimate of drug-likeness (QED) is 0.406. The summed E-state index contributed by atoms with van der Waals surface area (Å²) in [4.78, 5) is 29.0. The number of ketones is 1. The van der Waals surface area contributed by atoms with Gasteiger partial charge in [0.1, 0.15) is 5.82 Å². The average molecular weight is 429 g/mol. The van der Waals surface area contributed by atoms with E-state index in [1.807, 2.05) is 38.3 Å². The molecular formula is C22H21FN2O2S2. The van der Waals surface area contributed by atoms with E-state index < -0.39 is 0 Å². The van der Waals surface area contributed by atoms with Gasteiger partial charge in [-0.3, -0.25) is 9.59 Å². The van der Waals surface area contributed by atoms with E-state index in [-0.39, 0.29) is 29.7 Å². The number of hydrogen-bond donors (Lipinski definition) is 1.